The second-order valence-corrected chi connectivity index (χ2v) is 8.60. The Morgan fingerprint density at radius 3 is 1.57 bits per heavy atom. The van der Waals surface area contributed by atoms with Crippen molar-refractivity contribution in [2.45, 2.75) is 37.0 Å². The zero-order valence-electron chi connectivity index (χ0n) is 20.1. The maximum absolute atomic E-state index is 13.9. The van der Waals surface area contributed by atoms with Gasteiger partial charge in [0.2, 0.25) is 5.91 Å². The molecule has 2 amide bonds. The number of esters is 1. The quantitative estimate of drug-likeness (QED) is 0.405. The number of benzene rings is 3. The van der Waals surface area contributed by atoms with Gasteiger partial charge in [0.05, 0.1) is 7.11 Å². The first kappa shape index (κ1) is 27.4. The molecule has 3 aromatic carbocycles. The Morgan fingerprint density at radius 1 is 0.730 bits per heavy atom. The molecular formula is C28H27F3N2O4. The van der Waals surface area contributed by atoms with Crippen molar-refractivity contribution < 1.29 is 32.3 Å². The van der Waals surface area contributed by atoms with E-state index >= 15 is 0 Å². The zero-order chi connectivity index (χ0) is 26.9. The zero-order valence-corrected chi connectivity index (χ0v) is 20.1. The molecule has 0 aliphatic rings. The molecule has 6 nitrogen and oxygen atoms in total. The van der Waals surface area contributed by atoms with Crippen molar-refractivity contribution in [3.8, 4) is 0 Å². The van der Waals surface area contributed by atoms with Crippen LogP contribution in [0.2, 0.25) is 0 Å². The average Bonchev–Trinajstić information content (AvgIpc) is 2.89. The second-order valence-electron chi connectivity index (χ2n) is 8.60. The van der Waals surface area contributed by atoms with Crippen LogP contribution in [0.1, 0.15) is 16.7 Å². The molecular weight excluding hydrogens is 485 g/mol. The summed E-state index contributed by atoms with van der Waals surface area (Å²) in [5.74, 6) is -3.97. The van der Waals surface area contributed by atoms with Gasteiger partial charge in [-0.05, 0) is 16.7 Å². The lowest BCUT2D eigenvalue weighted by molar-refractivity contribution is -0.176. The molecule has 0 aromatic heterocycles. The molecule has 1 atom stereocenters. The summed E-state index contributed by atoms with van der Waals surface area (Å²) in [4.78, 5) is 38.7. The summed E-state index contributed by atoms with van der Waals surface area (Å²) in [5.41, 5.74) is -0.324. The fourth-order valence-electron chi connectivity index (χ4n) is 4.03. The van der Waals surface area contributed by atoms with E-state index in [-0.39, 0.29) is 19.3 Å². The minimum atomic E-state index is -5.23. The van der Waals surface area contributed by atoms with Gasteiger partial charge in [-0.15, -0.1) is 0 Å². The van der Waals surface area contributed by atoms with E-state index in [4.69, 9.17) is 4.74 Å². The van der Waals surface area contributed by atoms with Crippen LogP contribution in [0.25, 0.3) is 0 Å². The van der Waals surface area contributed by atoms with Crippen molar-refractivity contribution in [1.82, 2.24) is 10.6 Å². The van der Waals surface area contributed by atoms with Gasteiger partial charge >= 0.3 is 18.1 Å². The molecule has 0 bridgehead atoms. The Morgan fingerprint density at radius 2 is 1.16 bits per heavy atom. The third-order valence-electron chi connectivity index (χ3n) is 5.82. The van der Waals surface area contributed by atoms with Crippen molar-refractivity contribution in [3.05, 3.63) is 108 Å². The van der Waals surface area contributed by atoms with Crippen LogP contribution in [0.4, 0.5) is 13.2 Å². The molecule has 0 unspecified atom stereocenters. The number of alkyl halides is 3. The number of hydrogen-bond acceptors (Lipinski definition) is 4. The van der Waals surface area contributed by atoms with Crippen molar-refractivity contribution >= 4 is 17.8 Å². The third kappa shape index (κ3) is 7.67. The van der Waals surface area contributed by atoms with Gasteiger partial charge in [0, 0.05) is 19.3 Å². The standard InChI is InChI=1S/C28H27F3N2O4/c1-37-24(34)23(17-20-11-5-2-6-12-20)32-25(35)27(33-26(36)28(29,30)31,18-21-13-7-3-8-14-21)19-22-15-9-4-10-16-22/h2-16,23H,17-19H2,1H3,(H,32,35)(H,33,36)/t23-/m0/s1. The summed E-state index contributed by atoms with van der Waals surface area (Å²) in [6.45, 7) is 0. The van der Waals surface area contributed by atoms with Crippen molar-refractivity contribution in [2.75, 3.05) is 7.11 Å². The molecule has 3 rings (SSSR count). The summed E-state index contributed by atoms with van der Waals surface area (Å²) in [5, 5.41) is 4.52. The molecule has 194 valence electrons. The predicted octanol–water partition coefficient (Wildman–Crippen LogP) is 3.79. The molecule has 0 heterocycles. The first-order valence-electron chi connectivity index (χ1n) is 11.5. The van der Waals surface area contributed by atoms with Gasteiger partial charge in [0.25, 0.3) is 0 Å². The number of carbonyl (C=O) groups excluding carboxylic acids is 3. The van der Waals surface area contributed by atoms with E-state index in [1.165, 1.54) is 0 Å². The molecule has 0 saturated carbocycles. The van der Waals surface area contributed by atoms with Gasteiger partial charge < -0.3 is 15.4 Å². The van der Waals surface area contributed by atoms with E-state index in [9.17, 15) is 27.6 Å². The van der Waals surface area contributed by atoms with Crippen LogP contribution in [-0.4, -0.2) is 42.7 Å². The molecule has 37 heavy (non-hydrogen) atoms. The number of methoxy groups -OCH3 is 1. The number of halogens is 3. The summed E-state index contributed by atoms with van der Waals surface area (Å²) >= 11 is 0. The highest BCUT2D eigenvalue weighted by atomic mass is 19.4. The Labute approximate surface area is 212 Å². The highest BCUT2D eigenvalue weighted by Gasteiger charge is 2.48. The van der Waals surface area contributed by atoms with Crippen LogP contribution in [0.5, 0.6) is 0 Å². The van der Waals surface area contributed by atoms with Crippen LogP contribution in [-0.2, 0) is 38.4 Å². The molecule has 9 heteroatoms. The third-order valence-corrected chi connectivity index (χ3v) is 5.82. The Hall–Kier alpha value is -4.14. The minimum absolute atomic E-state index is 0.0409. The lowest BCUT2D eigenvalue weighted by Crippen LogP contribution is -2.65. The number of hydrogen-bond donors (Lipinski definition) is 2. The van der Waals surface area contributed by atoms with Crippen LogP contribution < -0.4 is 10.6 Å². The summed E-state index contributed by atoms with van der Waals surface area (Å²) < 4.78 is 45.2. The van der Waals surface area contributed by atoms with E-state index in [0.717, 1.165) is 7.11 Å². The van der Waals surface area contributed by atoms with E-state index in [2.05, 4.69) is 5.32 Å². The van der Waals surface area contributed by atoms with Crippen LogP contribution in [0.15, 0.2) is 91.0 Å². The van der Waals surface area contributed by atoms with Crippen LogP contribution in [0, 0.1) is 0 Å². The predicted molar refractivity (Wildman–Crippen MR) is 131 cm³/mol. The number of amides is 2. The molecule has 0 spiro atoms. The molecule has 0 radical (unpaired) electrons. The topological polar surface area (TPSA) is 84.5 Å². The lowest BCUT2D eigenvalue weighted by Gasteiger charge is -2.35. The average molecular weight is 513 g/mol. The first-order chi connectivity index (χ1) is 17.6. The van der Waals surface area contributed by atoms with Gasteiger partial charge in [0.15, 0.2) is 0 Å². The Kier molecular flexibility index (Phi) is 9.05. The molecule has 0 aliphatic heterocycles. The molecule has 0 saturated heterocycles. The van der Waals surface area contributed by atoms with Gasteiger partial charge in [-0.1, -0.05) is 91.0 Å². The van der Waals surface area contributed by atoms with E-state index < -0.39 is 35.5 Å². The smallest absolute Gasteiger partial charge is 0.467 e. The van der Waals surface area contributed by atoms with Crippen molar-refractivity contribution in [3.63, 3.8) is 0 Å². The van der Waals surface area contributed by atoms with Gasteiger partial charge in [-0.2, -0.15) is 13.2 Å². The van der Waals surface area contributed by atoms with Gasteiger partial charge in [0.1, 0.15) is 11.6 Å². The van der Waals surface area contributed by atoms with Gasteiger partial charge in [-0.3, -0.25) is 9.59 Å². The van der Waals surface area contributed by atoms with E-state index in [1.807, 2.05) is 5.32 Å². The normalized spacial score (nSPS) is 12.3. The SMILES string of the molecule is COC(=O)[C@H](Cc1ccccc1)NC(=O)C(Cc1ccccc1)(Cc1ccccc1)NC(=O)C(F)(F)F. The Bertz CT molecular complexity index is 1140. The van der Waals surface area contributed by atoms with Crippen molar-refractivity contribution in [2.24, 2.45) is 0 Å². The van der Waals surface area contributed by atoms with Crippen LogP contribution >= 0.6 is 0 Å². The fourth-order valence-corrected chi connectivity index (χ4v) is 4.03. The number of ether oxygens (including phenoxy) is 1. The number of carbonyl (C=O) groups is 3. The summed E-state index contributed by atoms with van der Waals surface area (Å²) in [6.07, 6.45) is -5.70. The molecule has 2 N–H and O–H groups in total. The fraction of sp³-hybridized carbons (Fsp3) is 0.250. The maximum Gasteiger partial charge on any atom is 0.471 e. The molecule has 0 aliphatic carbocycles. The summed E-state index contributed by atoms with van der Waals surface area (Å²) in [6, 6.07) is 24.3. The maximum atomic E-state index is 13.9. The van der Waals surface area contributed by atoms with Gasteiger partial charge in [-0.25, -0.2) is 4.79 Å². The monoisotopic (exact) mass is 512 g/mol. The lowest BCUT2D eigenvalue weighted by atomic mass is 9.83. The molecule has 0 fully saturated rings. The van der Waals surface area contributed by atoms with Crippen molar-refractivity contribution in [1.29, 1.82) is 0 Å². The molecule has 3 aromatic rings. The highest BCUT2D eigenvalue weighted by molar-refractivity contribution is 5.95. The summed E-state index contributed by atoms with van der Waals surface area (Å²) in [7, 11) is 1.15. The van der Waals surface area contributed by atoms with Crippen LogP contribution in [0.3, 0.4) is 0 Å². The highest BCUT2D eigenvalue weighted by Crippen LogP contribution is 2.24. The first-order valence-corrected chi connectivity index (χ1v) is 11.5. The van der Waals surface area contributed by atoms with E-state index in [0.29, 0.717) is 16.7 Å². The minimum Gasteiger partial charge on any atom is -0.467 e. The number of rotatable bonds is 10. The van der Waals surface area contributed by atoms with E-state index in [1.54, 1.807) is 91.0 Å². The largest absolute Gasteiger partial charge is 0.471 e. The number of nitrogens with one attached hydrogen (secondary N) is 2. The Balaban J connectivity index is 2.05. The second kappa shape index (κ2) is 12.2.